The molecule has 4 nitrogen and oxygen atoms in total. The number of allylic oxidation sites excluding steroid dienone is 2. The second kappa shape index (κ2) is 2.99. The number of hydrogen-bond acceptors (Lipinski definition) is 4. The summed E-state index contributed by atoms with van der Waals surface area (Å²) in [4.78, 5) is 3.37. The maximum absolute atomic E-state index is 9.12. The highest BCUT2D eigenvalue weighted by Crippen LogP contribution is 2.05. The summed E-state index contributed by atoms with van der Waals surface area (Å²) in [5.74, 6) is -0.0402. The van der Waals surface area contributed by atoms with Crippen molar-refractivity contribution in [1.29, 1.82) is 5.26 Å². The molecule has 1 aliphatic rings. The Kier molecular flexibility index (Phi) is 2.04. The molecule has 0 spiro atoms. The highest BCUT2D eigenvalue weighted by Gasteiger charge is 2.14. The van der Waals surface area contributed by atoms with Crippen molar-refractivity contribution in [2.75, 3.05) is 0 Å². The van der Waals surface area contributed by atoms with Crippen molar-refractivity contribution in [3.05, 3.63) is 24.0 Å². The molecule has 3 N–H and O–H groups in total. The molecule has 0 fully saturated rings. The smallest absolute Gasteiger partial charge is 0.206 e. The molecule has 0 amide bonds. The van der Waals surface area contributed by atoms with E-state index >= 15 is 0 Å². The van der Waals surface area contributed by atoms with Crippen LogP contribution in [0.4, 0.5) is 0 Å². The number of aliphatic hydroxyl groups is 1. The largest absolute Gasteiger partial charge is 0.506 e. The summed E-state index contributed by atoms with van der Waals surface area (Å²) in [5.41, 5.74) is 5.70. The van der Waals surface area contributed by atoms with Gasteiger partial charge in [-0.3, -0.25) is 0 Å². The summed E-state index contributed by atoms with van der Waals surface area (Å²) in [5, 5.41) is 17.3. The summed E-state index contributed by atoms with van der Waals surface area (Å²) in [7, 11) is 0. The maximum atomic E-state index is 9.12. The molecule has 0 aromatic rings. The number of nitrogens with two attached hydrogens (primary N) is 1. The molecule has 0 bridgehead atoms. The van der Waals surface area contributed by atoms with Gasteiger partial charge in [0.05, 0.1) is 6.04 Å². The summed E-state index contributed by atoms with van der Waals surface area (Å²) in [6.07, 6.45) is 6.29. The zero-order chi connectivity index (χ0) is 8.27. The Morgan fingerprint density at radius 2 is 2.45 bits per heavy atom. The van der Waals surface area contributed by atoms with Crippen molar-refractivity contribution in [2.45, 2.75) is 6.04 Å². The minimum Gasteiger partial charge on any atom is -0.506 e. The third-order valence-electron chi connectivity index (χ3n) is 1.32. The fourth-order valence-corrected chi connectivity index (χ4v) is 0.799. The zero-order valence-electron chi connectivity index (χ0n) is 5.73. The standard InChI is InChI=1S/C7H7N3O/c8-4-10-7-5(9)2-1-3-6(7)11/h1-3,5,11H,9H2. The van der Waals surface area contributed by atoms with Crippen LogP contribution in [0.2, 0.25) is 0 Å². The van der Waals surface area contributed by atoms with E-state index in [1.807, 2.05) is 0 Å². The van der Waals surface area contributed by atoms with E-state index in [-0.39, 0.29) is 11.5 Å². The lowest BCUT2D eigenvalue weighted by Gasteiger charge is -2.10. The molecule has 4 heteroatoms. The summed E-state index contributed by atoms with van der Waals surface area (Å²) >= 11 is 0. The van der Waals surface area contributed by atoms with E-state index < -0.39 is 6.04 Å². The number of nitrogens with zero attached hydrogens (tertiary/aromatic N) is 2. The second-order valence-corrected chi connectivity index (χ2v) is 2.06. The van der Waals surface area contributed by atoms with Gasteiger partial charge in [-0.15, -0.1) is 0 Å². The lowest BCUT2D eigenvalue weighted by Crippen LogP contribution is -2.31. The third-order valence-corrected chi connectivity index (χ3v) is 1.32. The van der Waals surface area contributed by atoms with Gasteiger partial charge >= 0.3 is 0 Å². The normalized spacial score (nSPS) is 26.4. The number of aliphatic hydroxyl groups excluding tert-OH is 1. The summed E-state index contributed by atoms with van der Waals surface area (Å²) in [6.45, 7) is 0. The molecule has 56 valence electrons. The Hall–Kier alpha value is -1.60. The first-order chi connectivity index (χ1) is 5.25. The van der Waals surface area contributed by atoms with Crippen molar-refractivity contribution in [2.24, 2.45) is 10.7 Å². The van der Waals surface area contributed by atoms with E-state index in [9.17, 15) is 0 Å². The third kappa shape index (κ3) is 1.45. The van der Waals surface area contributed by atoms with E-state index in [0.29, 0.717) is 0 Å². The lowest BCUT2D eigenvalue weighted by atomic mass is 10.1. The number of rotatable bonds is 0. The van der Waals surface area contributed by atoms with Crippen molar-refractivity contribution in [3.63, 3.8) is 0 Å². The van der Waals surface area contributed by atoms with Crippen LogP contribution in [0.25, 0.3) is 0 Å². The first kappa shape index (κ1) is 7.51. The predicted molar refractivity (Wildman–Crippen MR) is 40.9 cm³/mol. The summed E-state index contributed by atoms with van der Waals surface area (Å²) < 4.78 is 0. The molecule has 0 saturated heterocycles. The van der Waals surface area contributed by atoms with Crippen LogP contribution in [0.15, 0.2) is 29.0 Å². The van der Waals surface area contributed by atoms with Crippen molar-refractivity contribution in [1.82, 2.24) is 0 Å². The van der Waals surface area contributed by atoms with Crippen LogP contribution < -0.4 is 5.73 Å². The van der Waals surface area contributed by atoms with Crippen molar-refractivity contribution >= 4 is 5.71 Å². The Bertz CT molecular complexity index is 283. The van der Waals surface area contributed by atoms with Gasteiger partial charge in [-0.05, 0) is 6.08 Å². The molecule has 0 aromatic heterocycles. The Morgan fingerprint density at radius 1 is 1.73 bits per heavy atom. The van der Waals surface area contributed by atoms with Gasteiger partial charge < -0.3 is 10.8 Å². The molecule has 1 rings (SSSR count). The van der Waals surface area contributed by atoms with Crippen LogP contribution in [-0.4, -0.2) is 16.9 Å². The van der Waals surface area contributed by atoms with Gasteiger partial charge in [0.1, 0.15) is 11.5 Å². The minimum atomic E-state index is -0.473. The molecule has 0 saturated carbocycles. The molecule has 0 aliphatic heterocycles. The van der Waals surface area contributed by atoms with Crippen molar-refractivity contribution in [3.8, 4) is 6.19 Å². The van der Waals surface area contributed by atoms with Crippen molar-refractivity contribution < 1.29 is 5.11 Å². The first-order valence-corrected chi connectivity index (χ1v) is 3.06. The Morgan fingerprint density at radius 3 is 3.00 bits per heavy atom. The van der Waals surface area contributed by atoms with Gasteiger partial charge in [0.15, 0.2) is 0 Å². The van der Waals surface area contributed by atoms with Crippen LogP contribution in [0, 0.1) is 11.5 Å². The SMILES string of the molecule is N#CN=C1C(O)=CC=CC1N. The molecule has 1 unspecified atom stereocenters. The fraction of sp³-hybridized carbons (Fsp3) is 0.143. The van der Waals surface area contributed by atoms with E-state index in [1.54, 1.807) is 18.3 Å². The topological polar surface area (TPSA) is 82.4 Å². The Balaban J connectivity index is 2.98. The number of aliphatic imine (C=N–C) groups is 1. The molecule has 0 heterocycles. The lowest BCUT2D eigenvalue weighted by molar-refractivity contribution is 0.440. The van der Waals surface area contributed by atoms with Gasteiger partial charge in [-0.25, -0.2) is 0 Å². The number of nitriles is 1. The predicted octanol–water partition coefficient (Wildman–Crippen LogP) is 0.247. The fourth-order valence-electron chi connectivity index (χ4n) is 0.799. The molecule has 11 heavy (non-hydrogen) atoms. The molecule has 0 radical (unpaired) electrons. The van der Waals surface area contributed by atoms with Gasteiger partial charge in [0, 0.05) is 0 Å². The molecule has 0 aromatic carbocycles. The van der Waals surface area contributed by atoms with Crippen LogP contribution >= 0.6 is 0 Å². The van der Waals surface area contributed by atoms with Gasteiger partial charge in [-0.1, -0.05) is 12.2 Å². The average Bonchev–Trinajstić information content (AvgIpc) is 1.97. The summed E-state index contributed by atoms with van der Waals surface area (Å²) in [6, 6.07) is -0.473. The first-order valence-electron chi connectivity index (χ1n) is 3.06. The molecular formula is C7H7N3O. The molecule has 1 aliphatic carbocycles. The van der Waals surface area contributed by atoms with Gasteiger partial charge in [0.2, 0.25) is 6.19 Å². The quantitative estimate of drug-likeness (QED) is 0.484. The van der Waals surface area contributed by atoms with Crippen LogP contribution in [-0.2, 0) is 0 Å². The van der Waals surface area contributed by atoms with E-state index in [1.165, 1.54) is 6.08 Å². The highest BCUT2D eigenvalue weighted by atomic mass is 16.3. The number of hydrogen-bond donors (Lipinski definition) is 2. The average molecular weight is 149 g/mol. The van der Waals surface area contributed by atoms with Crippen LogP contribution in [0.3, 0.4) is 0 Å². The maximum Gasteiger partial charge on any atom is 0.206 e. The monoisotopic (exact) mass is 149 g/mol. The zero-order valence-corrected chi connectivity index (χ0v) is 5.73. The van der Waals surface area contributed by atoms with Crippen LogP contribution in [0.5, 0.6) is 0 Å². The molecular weight excluding hydrogens is 142 g/mol. The Labute approximate surface area is 64.0 Å². The second-order valence-electron chi connectivity index (χ2n) is 2.06. The van der Waals surface area contributed by atoms with Crippen LogP contribution in [0.1, 0.15) is 0 Å². The van der Waals surface area contributed by atoms with E-state index in [0.717, 1.165) is 0 Å². The molecule has 1 atom stereocenters. The van der Waals surface area contributed by atoms with Gasteiger partial charge in [0.25, 0.3) is 0 Å². The highest BCUT2D eigenvalue weighted by molar-refractivity contribution is 6.04. The van der Waals surface area contributed by atoms with Gasteiger partial charge in [-0.2, -0.15) is 10.3 Å². The van der Waals surface area contributed by atoms with E-state index in [2.05, 4.69) is 4.99 Å². The minimum absolute atomic E-state index is 0.0402. The van der Waals surface area contributed by atoms with E-state index in [4.69, 9.17) is 16.1 Å².